The molecule has 4 aromatic rings. The molecule has 0 radical (unpaired) electrons. The molecule has 2 atom stereocenters. The lowest BCUT2D eigenvalue weighted by Crippen LogP contribution is -2.38. The number of anilines is 1. The topological polar surface area (TPSA) is 129 Å². The van der Waals surface area contributed by atoms with E-state index in [4.69, 9.17) is 0 Å². The fraction of sp³-hybridized carbons (Fsp3) is 0.417. The highest BCUT2D eigenvalue weighted by molar-refractivity contribution is 5.89. The van der Waals surface area contributed by atoms with Gasteiger partial charge in [0.1, 0.15) is 0 Å². The van der Waals surface area contributed by atoms with E-state index in [1.165, 1.54) is 11.6 Å². The summed E-state index contributed by atoms with van der Waals surface area (Å²) >= 11 is 0. The maximum Gasteiger partial charge on any atom is 0.332 e. The van der Waals surface area contributed by atoms with E-state index in [-0.39, 0.29) is 6.04 Å². The summed E-state index contributed by atoms with van der Waals surface area (Å²) in [6.45, 7) is 6.93. The van der Waals surface area contributed by atoms with Gasteiger partial charge in [0.15, 0.2) is 22.8 Å². The predicted octanol–water partition coefficient (Wildman–Crippen LogP) is 2.02. The summed E-state index contributed by atoms with van der Waals surface area (Å²) < 4.78 is 4.17. The van der Waals surface area contributed by atoms with E-state index in [1.54, 1.807) is 42.6 Å². The third kappa shape index (κ3) is 3.97. The molecule has 12 heteroatoms. The van der Waals surface area contributed by atoms with Crippen molar-refractivity contribution in [2.24, 2.45) is 19.1 Å². The number of nitrogens with zero attached hydrogens (tertiary/aromatic N) is 10. The molecule has 0 bridgehead atoms. The van der Waals surface area contributed by atoms with Gasteiger partial charge in [-0.3, -0.25) is 13.9 Å². The van der Waals surface area contributed by atoms with E-state index in [9.17, 15) is 9.59 Å². The number of fused-ring (bicyclic) bond motifs is 1. The van der Waals surface area contributed by atoms with Crippen molar-refractivity contribution in [3.63, 3.8) is 0 Å². The lowest BCUT2D eigenvalue weighted by Gasteiger charge is -2.20. The van der Waals surface area contributed by atoms with Crippen LogP contribution in [-0.4, -0.2) is 56.9 Å². The number of hydrogen-bond donors (Lipinski definition) is 0. The third-order valence-electron chi connectivity index (χ3n) is 6.83. The Morgan fingerprint density at radius 3 is 2.56 bits per heavy atom. The second kappa shape index (κ2) is 9.10. The molecule has 0 N–H and O–H groups in total. The van der Waals surface area contributed by atoms with E-state index in [0.29, 0.717) is 40.1 Å². The molecule has 1 fully saturated rings. The maximum atomic E-state index is 12.8. The van der Waals surface area contributed by atoms with Crippen LogP contribution in [0, 0.1) is 0 Å². The number of aryl methyl sites for hydroxylation is 1. The molecular weight excluding hydrogens is 460 g/mol. The molecule has 0 aromatic carbocycles. The number of hydrogen-bond acceptors (Lipinski definition) is 9. The van der Waals surface area contributed by atoms with Crippen LogP contribution in [0.25, 0.3) is 22.6 Å². The molecule has 1 saturated heterocycles. The van der Waals surface area contributed by atoms with Gasteiger partial charge in [-0.1, -0.05) is 0 Å². The predicted molar refractivity (Wildman–Crippen MR) is 137 cm³/mol. The molecule has 36 heavy (non-hydrogen) atoms. The summed E-state index contributed by atoms with van der Waals surface area (Å²) in [4.78, 5) is 54.2. The first-order chi connectivity index (χ1) is 17.3. The fourth-order valence-electron chi connectivity index (χ4n) is 4.50. The Morgan fingerprint density at radius 2 is 1.86 bits per heavy atom. The summed E-state index contributed by atoms with van der Waals surface area (Å²) in [5.41, 5.74) is 1.27. The Bertz CT molecular complexity index is 1580. The zero-order valence-electron chi connectivity index (χ0n) is 21.0. The van der Waals surface area contributed by atoms with Gasteiger partial charge in [0.05, 0.1) is 17.9 Å². The van der Waals surface area contributed by atoms with Crippen molar-refractivity contribution in [2.75, 3.05) is 11.4 Å². The van der Waals surface area contributed by atoms with Crippen molar-refractivity contribution in [3.05, 3.63) is 51.8 Å². The first-order valence-corrected chi connectivity index (χ1v) is 11.9. The average Bonchev–Trinajstić information content (AvgIpc) is 3.52. The number of imidazole rings is 1. The van der Waals surface area contributed by atoms with Gasteiger partial charge >= 0.3 is 5.69 Å². The first-order valence-electron chi connectivity index (χ1n) is 11.9. The zero-order valence-corrected chi connectivity index (χ0v) is 21.0. The smallest absolute Gasteiger partial charge is 0.332 e. The van der Waals surface area contributed by atoms with Crippen molar-refractivity contribution in [3.8, 4) is 11.4 Å². The van der Waals surface area contributed by atoms with E-state index < -0.39 is 11.2 Å². The Balaban J connectivity index is 1.43. The monoisotopic (exact) mass is 488 g/mol. The SMILES string of the molecule is CC(=Nc1ccnc(-c2cnc(N3CCCC3C)nc2)n1)C(C)n1cnc2c1c(=O)n(C)c(=O)n2C. The van der Waals surface area contributed by atoms with E-state index >= 15 is 0 Å². The standard InChI is InChI=1S/C24H28N10O2/c1-14-7-6-10-33(14)23-26-11-17(12-27-23)20-25-9-8-18(30-20)29-15(2)16(3)34-13-28-21-19(34)22(35)32(5)24(36)31(21)4/h8-9,11-14,16H,6-7,10H2,1-5H3. The van der Waals surface area contributed by atoms with Crippen molar-refractivity contribution in [2.45, 2.75) is 45.7 Å². The van der Waals surface area contributed by atoms with Gasteiger partial charge in [-0.25, -0.2) is 34.7 Å². The van der Waals surface area contributed by atoms with Crippen molar-refractivity contribution < 1.29 is 0 Å². The highest BCUT2D eigenvalue weighted by Gasteiger charge is 2.23. The average molecular weight is 489 g/mol. The molecule has 2 unspecified atom stereocenters. The van der Waals surface area contributed by atoms with Gasteiger partial charge < -0.3 is 9.47 Å². The van der Waals surface area contributed by atoms with E-state index in [0.717, 1.165) is 29.9 Å². The quantitative estimate of drug-likeness (QED) is 0.390. The minimum absolute atomic E-state index is 0.302. The largest absolute Gasteiger partial charge is 0.338 e. The van der Waals surface area contributed by atoms with Crippen LogP contribution in [0.1, 0.15) is 39.7 Å². The number of aliphatic imine (C=N–C) groups is 1. The summed E-state index contributed by atoms with van der Waals surface area (Å²) in [6.07, 6.45) is 8.98. The van der Waals surface area contributed by atoms with E-state index in [1.807, 2.05) is 13.8 Å². The molecule has 0 saturated carbocycles. The van der Waals surface area contributed by atoms with Crippen LogP contribution >= 0.6 is 0 Å². The maximum absolute atomic E-state index is 12.8. The Labute approximate surface area is 207 Å². The third-order valence-corrected chi connectivity index (χ3v) is 6.83. The van der Waals surface area contributed by atoms with Crippen LogP contribution in [0.2, 0.25) is 0 Å². The highest BCUT2D eigenvalue weighted by Crippen LogP contribution is 2.24. The van der Waals surface area contributed by atoms with Crippen LogP contribution < -0.4 is 16.1 Å². The molecule has 1 aliphatic heterocycles. The molecule has 0 aliphatic carbocycles. The lowest BCUT2D eigenvalue weighted by molar-refractivity contribution is 0.683. The number of aromatic nitrogens is 8. The molecule has 4 aromatic heterocycles. The van der Waals surface area contributed by atoms with Crippen molar-refractivity contribution >= 4 is 28.6 Å². The Morgan fingerprint density at radius 1 is 1.11 bits per heavy atom. The lowest BCUT2D eigenvalue weighted by atomic mass is 10.2. The molecule has 0 spiro atoms. The minimum Gasteiger partial charge on any atom is -0.338 e. The second-order valence-corrected chi connectivity index (χ2v) is 9.15. The van der Waals surface area contributed by atoms with Crippen LogP contribution in [0.15, 0.2) is 45.6 Å². The molecular formula is C24H28N10O2. The summed E-state index contributed by atoms with van der Waals surface area (Å²) in [5, 5.41) is 0. The summed E-state index contributed by atoms with van der Waals surface area (Å²) in [7, 11) is 3.05. The van der Waals surface area contributed by atoms with Crippen molar-refractivity contribution in [1.29, 1.82) is 0 Å². The molecule has 5 heterocycles. The molecule has 12 nitrogen and oxygen atoms in total. The molecule has 0 amide bonds. The normalized spacial score (nSPS) is 17.2. The fourth-order valence-corrected chi connectivity index (χ4v) is 4.50. The zero-order chi connectivity index (χ0) is 25.6. The summed E-state index contributed by atoms with van der Waals surface area (Å²) in [6, 6.07) is 1.85. The van der Waals surface area contributed by atoms with E-state index in [2.05, 4.69) is 41.7 Å². The van der Waals surface area contributed by atoms with Gasteiger partial charge in [-0.15, -0.1) is 0 Å². The number of rotatable bonds is 5. The molecule has 186 valence electrons. The van der Waals surface area contributed by atoms with Crippen LogP contribution in [-0.2, 0) is 14.1 Å². The Kier molecular flexibility index (Phi) is 5.94. The highest BCUT2D eigenvalue weighted by atomic mass is 16.2. The van der Waals surface area contributed by atoms with Gasteiger partial charge in [0.2, 0.25) is 5.95 Å². The summed E-state index contributed by atoms with van der Waals surface area (Å²) in [5.74, 6) is 1.68. The van der Waals surface area contributed by atoms with Gasteiger partial charge in [0, 0.05) is 57.1 Å². The van der Waals surface area contributed by atoms with Crippen molar-refractivity contribution in [1.82, 2.24) is 38.6 Å². The minimum atomic E-state index is -0.420. The first kappa shape index (κ1) is 23.5. The van der Waals surface area contributed by atoms with Gasteiger partial charge in [-0.2, -0.15) is 0 Å². The van der Waals surface area contributed by atoms with Crippen LogP contribution in [0.4, 0.5) is 11.8 Å². The van der Waals surface area contributed by atoms with Gasteiger partial charge in [0.25, 0.3) is 5.56 Å². The van der Waals surface area contributed by atoms with Gasteiger partial charge in [-0.05, 0) is 33.6 Å². The molecule has 1 aliphatic rings. The second-order valence-electron chi connectivity index (χ2n) is 9.15. The molecule has 5 rings (SSSR count). The van der Waals surface area contributed by atoms with Crippen LogP contribution in [0.3, 0.4) is 0 Å². The Hall–Kier alpha value is -4.22. The van der Waals surface area contributed by atoms with Crippen LogP contribution in [0.5, 0.6) is 0 Å².